The summed E-state index contributed by atoms with van der Waals surface area (Å²) in [5, 5.41) is 10.6. The van der Waals surface area contributed by atoms with Crippen LogP contribution >= 0.6 is 45.3 Å². The molecule has 22 rings (SSSR count). The van der Waals surface area contributed by atoms with E-state index in [1.165, 1.54) is 170 Å². The van der Waals surface area contributed by atoms with Crippen molar-refractivity contribution in [3.8, 4) is 89.0 Å². The Morgan fingerprint density at radius 3 is 0.474 bits per heavy atom. The second-order valence-corrected chi connectivity index (χ2v) is 33.4. The van der Waals surface area contributed by atoms with Gasteiger partial charge in [-0.15, -0.1) is 45.3 Å². The van der Waals surface area contributed by atoms with Crippen molar-refractivity contribution in [3.63, 3.8) is 0 Å². The van der Waals surface area contributed by atoms with E-state index in [-0.39, 0.29) is 0 Å². The van der Waals surface area contributed by atoms with Gasteiger partial charge in [0.25, 0.3) is 0 Å². The molecule has 0 saturated carbocycles. The maximum absolute atomic E-state index is 2.35. The van der Waals surface area contributed by atoms with Crippen LogP contribution in [0, 0.1) is 0 Å². The van der Waals surface area contributed by atoms with E-state index >= 15 is 0 Å². The first-order valence-corrected chi connectivity index (χ1v) is 41.9. The molecule has 4 aromatic heterocycles. The average Bonchev–Trinajstić information content (AvgIpc) is 1.71. The predicted octanol–water partition coefficient (Wildman–Crippen LogP) is 33.1. The molecule has 114 heavy (non-hydrogen) atoms. The van der Waals surface area contributed by atoms with Gasteiger partial charge in [0.15, 0.2) is 0 Å². The monoisotopic (exact) mass is 1520 g/mol. The molecule has 0 aliphatic rings. The summed E-state index contributed by atoms with van der Waals surface area (Å²) in [6, 6.07) is 155. The van der Waals surface area contributed by atoms with Crippen molar-refractivity contribution in [2.75, 3.05) is 9.80 Å². The molecule has 0 saturated heterocycles. The van der Waals surface area contributed by atoms with Gasteiger partial charge in [0, 0.05) is 115 Å². The second kappa shape index (κ2) is 29.6. The Morgan fingerprint density at radius 2 is 0.263 bits per heavy atom. The van der Waals surface area contributed by atoms with E-state index in [1.54, 1.807) is 0 Å². The van der Waals surface area contributed by atoms with Gasteiger partial charge in [-0.05, 0) is 235 Å². The lowest BCUT2D eigenvalue weighted by atomic mass is 9.98. The van der Waals surface area contributed by atoms with Crippen LogP contribution in [-0.2, 0) is 0 Å². The van der Waals surface area contributed by atoms with E-state index in [9.17, 15) is 0 Å². The van der Waals surface area contributed by atoms with Gasteiger partial charge in [-0.1, -0.05) is 279 Å². The molecule has 0 aliphatic heterocycles. The number of hydrogen-bond acceptors (Lipinski definition) is 6. The van der Waals surface area contributed by atoms with Gasteiger partial charge in [0.1, 0.15) is 0 Å². The fourth-order valence-electron chi connectivity index (χ4n) is 16.3. The first-order chi connectivity index (χ1) is 56.4. The number of hydrogen-bond donors (Lipinski definition) is 0. The summed E-state index contributed by atoms with van der Waals surface area (Å²) >= 11 is 7.44. The highest BCUT2D eigenvalue weighted by atomic mass is 32.1. The maximum Gasteiger partial charge on any atom is 0.0462 e. The molecule has 18 aromatic carbocycles. The van der Waals surface area contributed by atoms with Crippen molar-refractivity contribution >= 4 is 160 Å². The molecular weight excluding hydrogens is 1450 g/mol. The van der Waals surface area contributed by atoms with Crippen molar-refractivity contribution in [2.45, 2.75) is 0 Å². The third-order valence-corrected chi connectivity index (χ3v) is 26.9. The molecule has 6 heteroatoms. The van der Waals surface area contributed by atoms with Crippen molar-refractivity contribution in [3.05, 3.63) is 425 Å². The maximum atomic E-state index is 2.35. The first kappa shape index (κ1) is 68.5. The standard InChI is InChI=1S/C60H39NS2.C48H31NS2/c1-2-8-40(9-3-1)43-22-30-50(31-23-43)61(51-32-24-44(25-33-51)41-14-18-46(19-15-41)48-28-36-59-55(38-48)53-10-4-6-12-57(53)62-59)52-34-26-45(27-35-52)42-16-20-47(21-17-42)49-29-37-60-56(39-49)54-11-5-7-13-58(54)63-60;1-2-8-32(9-3-1)33-14-22-38(23-15-33)49(39-24-16-34(17-25-39)36-20-28-47-43(30-36)41-10-4-6-12-45(41)50-47)40-26-18-35(19-27-40)37-21-29-48-44(31-37)42-11-5-7-13-46(42)51-48/h1-39H;1-31H. The van der Waals surface area contributed by atoms with Crippen LogP contribution in [0.25, 0.3) is 170 Å². The van der Waals surface area contributed by atoms with Crippen molar-refractivity contribution in [1.29, 1.82) is 0 Å². The van der Waals surface area contributed by atoms with Gasteiger partial charge in [-0.3, -0.25) is 0 Å². The summed E-state index contributed by atoms with van der Waals surface area (Å²) in [7, 11) is 0. The van der Waals surface area contributed by atoms with Gasteiger partial charge in [0.2, 0.25) is 0 Å². The number of nitrogens with zero attached hydrogens (tertiary/aromatic N) is 2. The SMILES string of the molecule is c1ccc(-c2ccc(N(c3ccc(-c4ccc(-c5ccc6sc7ccccc7c6c5)cc4)cc3)c3ccc(-c4ccc(-c5ccc6sc7ccccc7c6c5)cc4)cc3)cc2)cc1.c1ccc(-c2ccc(N(c3ccc(-c4ccc5sc6ccccc6c5c4)cc3)c3ccc(-c4ccc5sc6ccccc6c5c4)cc3)cc2)cc1. The molecule has 0 radical (unpaired) electrons. The van der Waals surface area contributed by atoms with Crippen LogP contribution in [-0.4, -0.2) is 0 Å². The van der Waals surface area contributed by atoms with Crippen LogP contribution in [0.5, 0.6) is 0 Å². The second-order valence-electron chi connectivity index (χ2n) is 29.1. The van der Waals surface area contributed by atoms with E-state index in [0.717, 1.165) is 34.1 Å². The predicted molar refractivity (Wildman–Crippen MR) is 497 cm³/mol. The quantitative estimate of drug-likeness (QED) is 0.107. The lowest BCUT2D eigenvalue weighted by Crippen LogP contribution is -2.09. The van der Waals surface area contributed by atoms with E-state index in [4.69, 9.17) is 0 Å². The van der Waals surface area contributed by atoms with Crippen LogP contribution in [0.4, 0.5) is 34.1 Å². The Labute approximate surface area is 678 Å². The number of fused-ring (bicyclic) bond motifs is 12. The van der Waals surface area contributed by atoms with Crippen molar-refractivity contribution in [1.82, 2.24) is 0 Å². The topological polar surface area (TPSA) is 6.48 Å². The molecular formula is C108H70N2S4. The van der Waals surface area contributed by atoms with Crippen LogP contribution in [0.2, 0.25) is 0 Å². The molecule has 2 nitrogen and oxygen atoms in total. The van der Waals surface area contributed by atoms with Gasteiger partial charge < -0.3 is 9.80 Å². The molecule has 0 aliphatic carbocycles. The Kier molecular flexibility index (Phi) is 17.8. The van der Waals surface area contributed by atoms with Gasteiger partial charge in [-0.2, -0.15) is 0 Å². The lowest BCUT2D eigenvalue weighted by molar-refractivity contribution is 1.28. The number of rotatable bonds is 14. The molecule has 0 atom stereocenters. The Balaban J connectivity index is 0.000000146. The van der Waals surface area contributed by atoms with Crippen molar-refractivity contribution in [2.24, 2.45) is 0 Å². The minimum atomic E-state index is 1.10. The van der Waals surface area contributed by atoms with Crippen LogP contribution in [0.3, 0.4) is 0 Å². The highest BCUT2D eigenvalue weighted by Gasteiger charge is 2.19. The third kappa shape index (κ3) is 13.2. The summed E-state index contributed by atoms with van der Waals surface area (Å²) in [5.41, 5.74) is 26.1. The highest BCUT2D eigenvalue weighted by Crippen LogP contribution is 2.45. The summed E-state index contributed by atoms with van der Waals surface area (Å²) in [6.45, 7) is 0. The molecule has 0 bridgehead atoms. The van der Waals surface area contributed by atoms with Crippen LogP contribution < -0.4 is 9.80 Å². The Hall–Kier alpha value is -13.6. The molecule has 0 N–H and O–H groups in total. The van der Waals surface area contributed by atoms with Crippen LogP contribution in [0.15, 0.2) is 425 Å². The minimum Gasteiger partial charge on any atom is -0.311 e. The summed E-state index contributed by atoms with van der Waals surface area (Å²) in [4.78, 5) is 4.70. The molecule has 4 heterocycles. The smallest absolute Gasteiger partial charge is 0.0462 e. The molecule has 22 aromatic rings. The number of benzene rings is 18. The molecule has 0 spiro atoms. The van der Waals surface area contributed by atoms with Gasteiger partial charge >= 0.3 is 0 Å². The fraction of sp³-hybridized carbons (Fsp3) is 0. The third-order valence-electron chi connectivity index (χ3n) is 22.2. The van der Waals surface area contributed by atoms with Gasteiger partial charge in [-0.25, -0.2) is 0 Å². The number of thiophene rings is 4. The van der Waals surface area contributed by atoms with E-state index in [0.29, 0.717) is 0 Å². The minimum absolute atomic E-state index is 1.10. The molecule has 0 unspecified atom stereocenters. The summed E-state index contributed by atoms with van der Waals surface area (Å²) in [6.07, 6.45) is 0. The summed E-state index contributed by atoms with van der Waals surface area (Å²) in [5.74, 6) is 0. The molecule has 0 fully saturated rings. The van der Waals surface area contributed by atoms with E-state index in [1.807, 2.05) is 45.3 Å². The van der Waals surface area contributed by atoms with Gasteiger partial charge in [0.05, 0.1) is 0 Å². The largest absolute Gasteiger partial charge is 0.311 e. The highest BCUT2D eigenvalue weighted by molar-refractivity contribution is 7.27. The van der Waals surface area contributed by atoms with Crippen molar-refractivity contribution < 1.29 is 0 Å². The zero-order valence-corrected chi connectivity index (χ0v) is 65.2. The fourth-order valence-corrected chi connectivity index (χ4v) is 20.7. The van der Waals surface area contributed by atoms with E-state index in [2.05, 4.69) is 434 Å². The average molecular weight is 1520 g/mol. The zero-order chi connectivity index (χ0) is 75.4. The normalized spacial score (nSPS) is 11.5. The Morgan fingerprint density at radius 1 is 0.114 bits per heavy atom. The van der Waals surface area contributed by atoms with Crippen LogP contribution in [0.1, 0.15) is 0 Å². The number of anilines is 6. The zero-order valence-electron chi connectivity index (χ0n) is 61.9. The summed E-state index contributed by atoms with van der Waals surface area (Å²) < 4.78 is 10.7. The lowest BCUT2D eigenvalue weighted by Gasteiger charge is -2.26. The molecule has 0 amide bonds. The molecule has 536 valence electrons. The van der Waals surface area contributed by atoms with E-state index < -0.39 is 0 Å². The Bertz CT molecular complexity index is 6910. The first-order valence-electron chi connectivity index (χ1n) is 38.6.